The summed E-state index contributed by atoms with van der Waals surface area (Å²) < 4.78 is 4.17. The molecule has 1 unspecified atom stereocenters. The van der Waals surface area contributed by atoms with Crippen LogP contribution in [-0.4, -0.2) is 53.4 Å². The number of fused-ring (bicyclic) bond motifs is 2. The Kier molecular flexibility index (Phi) is 3.28. The van der Waals surface area contributed by atoms with Crippen molar-refractivity contribution in [3.63, 3.8) is 0 Å². The third kappa shape index (κ3) is 2.34. The van der Waals surface area contributed by atoms with Gasteiger partial charge in [-0.05, 0) is 38.3 Å². The Morgan fingerprint density at radius 1 is 1.18 bits per heavy atom. The second-order valence-corrected chi connectivity index (χ2v) is 7.82. The molecule has 142 valence electrons. The summed E-state index contributed by atoms with van der Waals surface area (Å²) in [6.07, 6.45) is 8.29. The highest BCUT2D eigenvalue weighted by Crippen LogP contribution is 2.39. The van der Waals surface area contributed by atoms with Gasteiger partial charge in [-0.1, -0.05) is 0 Å². The van der Waals surface area contributed by atoms with Crippen molar-refractivity contribution in [1.29, 1.82) is 0 Å². The Labute approximate surface area is 161 Å². The van der Waals surface area contributed by atoms with E-state index in [2.05, 4.69) is 48.6 Å². The summed E-state index contributed by atoms with van der Waals surface area (Å²) in [7, 11) is 0. The van der Waals surface area contributed by atoms with Crippen molar-refractivity contribution in [3.8, 4) is 11.1 Å². The molecule has 0 amide bonds. The molecule has 1 atom stereocenters. The van der Waals surface area contributed by atoms with Crippen LogP contribution in [0.2, 0.25) is 0 Å². The van der Waals surface area contributed by atoms with Crippen molar-refractivity contribution in [2.75, 3.05) is 18.0 Å². The number of β-amino-alcohol motifs (C(OH)–C–C–N with tert-alkyl or cyclic N) is 1. The summed E-state index contributed by atoms with van der Waals surface area (Å²) in [6, 6.07) is 4.80. The third-order valence-electron chi connectivity index (χ3n) is 5.84. The molecular formula is C20H21N7O. The molecule has 4 aromatic heterocycles. The number of hydrogen-bond donors (Lipinski definition) is 1. The minimum atomic E-state index is -0.303. The summed E-state index contributed by atoms with van der Waals surface area (Å²) in [6.45, 7) is 3.45. The number of nitrogens with zero attached hydrogens (tertiary/aromatic N) is 7. The van der Waals surface area contributed by atoms with E-state index in [1.165, 1.54) is 12.8 Å². The highest BCUT2D eigenvalue weighted by Gasteiger charge is 2.28. The van der Waals surface area contributed by atoms with E-state index in [1.54, 1.807) is 6.33 Å². The number of aliphatic hydroxyl groups excluding tert-OH is 1. The lowest BCUT2D eigenvalue weighted by molar-refractivity contribution is 0.198. The number of hydrogen-bond acceptors (Lipinski definition) is 6. The van der Waals surface area contributed by atoms with Gasteiger partial charge in [-0.3, -0.25) is 0 Å². The Morgan fingerprint density at radius 2 is 2.07 bits per heavy atom. The van der Waals surface area contributed by atoms with Gasteiger partial charge in [0.1, 0.15) is 17.7 Å². The molecule has 2 aliphatic rings. The van der Waals surface area contributed by atoms with Gasteiger partial charge in [0.2, 0.25) is 0 Å². The topological polar surface area (TPSA) is 84.4 Å². The van der Waals surface area contributed by atoms with Crippen molar-refractivity contribution >= 4 is 22.5 Å². The SMILES string of the molecule is Cc1nc2ncc(-c3ccn4ncnc(N5CCC(O)C5)c34)cc2n1C1CC1. The van der Waals surface area contributed by atoms with Crippen LogP contribution in [0.3, 0.4) is 0 Å². The Morgan fingerprint density at radius 3 is 2.86 bits per heavy atom. The normalized spacial score (nSPS) is 19.9. The van der Waals surface area contributed by atoms with Gasteiger partial charge in [0.05, 0.1) is 11.6 Å². The van der Waals surface area contributed by atoms with Crippen LogP contribution in [-0.2, 0) is 0 Å². The quantitative estimate of drug-likeness (QED) is 0.592. The predicted molar refractivity (Wildman–Crippen MR) is 105 cm³/mol. The molecule has 2 fully saturated rings. The highest BCUT2D eigenvalue weighted by atomic mass is 16.3. The van der Waals surface area contributed by atoms with Crippen LogP contribution < -0.4 is 4.90 Å². The summed E-state index contributed by atoms with van der Waals surface area (Å²) in [5.74, 6) is 1.89. The van der Waals surface area contributed by atoms with Crippen LogP contribution in [0, 0.1) is 6.92 Å². The molecule has 8 nitrogen and oxygen atoms in total. The van der Waals surface area contributed by atoms with Crippen molar-refractivity contribution in [2.45, 2.75) is 38.3 Å². The monoisotopic (exact) mass is 375 g/mol. The first-order chi connectivity index (χ1) is 13.7. The maximum Gasteiger partial charge on any atom is 0.177 e. The molecule has 1 saturated carbocycles. The van der Waals surface area contributed by atoms with E-state index in [0.717, 1.165) is 52.4 Å². The number of aromatic nitrogens is 6. The summed E-state index contributed by atoms with van der Waals surface area (Å²) >= 11 is 0. The van der Waals surface area contributed by atoms with E-state index in [-0.39, 0.29) is 6.10 Å². The average molecular weight is 375 g/mol. The van der Waals surface area contributed by atoms with Crippen molar-refractivity contribution in [3.05, 3.63) is 36.7 Å². The van der Waals surface area contributed by atoms with Gasteiger partial charge in [-0.2, -0.15) is 5.10 Å². The lowest BCUT2D eigenvalue weighted by Crippen LogP contribution is -2.23. The number of imidazole rings is 1. The van der Waals surface area contributed by atoms with E-state index in [4.69, 9.17) is 0 Å². The van der Waals surface area contributed by atoms with Crippen LogP contribution in [0.25, 0.3) is 27.8 Å². The molecule has 1 aliphatic heterocycles. The van der Waals surface area contributed by atoms with Crippen LogP contribution in [0.5, 0.6) is 0 Å². The van der Waals surface area contributed by atoms with Crippen molar-refractivity contribution in [1.82, 2.24) is 29.1 Å². The molecule has 1 N–H and O–H groups in total. The zero-order valence-corrected chi connectivity index (χ0v) is 15.7. The summed E-state index contributed by atoms with van der Waals surface area (Å²) in [5.41, 5.74) is 4.93. The smallest absolute Gasteiger partial charge is 0.177 e. The fourth-order valence-electron chi connectivity index (χ4n) is 4.37. The van der Waals surface area contributed by atoms with Crippen LogP contribution in [0.15, 0.2) is 30.9 Å². The zero-order chi connectivity index (χ0) is 18.8. The van der Waals surface area contributed by atoms with Gasteiger partial charge in [0, 0.05) is 42.7 Å². The lowest BCUT2D eigenvalue weighted by Gasteiger charge is -2.18. The molecule has 0 radical (unpaired) electrons. The molecule has 1 aliphatic carbocycles. The van der Waals surface area contributed by atoms with Gasteiger partial charge in [0.25, 0.3) is 0 Å². The lowest BCUT2D eigenvalue weighted by atomic mass is 10.1. The third-order valence-corrected chi connectivity index (χ3v) is 5.84. The van der Waals surface area contributed by atoms with E-state index >= 15 is 0 Å². The number of pyridine rings is 1. The first-order valence-electron chi connectivity index (χ1n) is 9.79. The molecule has 0 bridgehead atoms. The molecular weight excluding hydrogens is 354 g/mol. The molecule has 4 aromatic rings. The van der Waals surface area contributed by atoms with Gasteiger partial charge in [0.15, 0.2) is 11.5 Å². The minimum absolute atomic E-state index is 0.303. The first kappa shape index (κ1) is 16.0. The molecule has 28 heavy (non-hydrogen) atoms. The number of rotatable bonds is 3. The van der Waals surface area contributed by atoms with Crippen LogP contribution in [0.4, 0.5) is 5.82 Å². The largest absolute Gasteiger partial charge is 0.391 e. The molecule has 8 heteroatoms. The Hall–Kier alpha value is -3.00. The molecule has 1 saturated heterocycles. The average Bonchev–Trinajstić information content (AvgIpc) is 3.13. The van der Waals surface area contributed by atoms with Gasteiger partial charge >= 0.3 is 0 Å². The van der Waals surface area contributed by atoms with E-state index in [0.29, 0.717) is 12.6 Å². The number of anilines is 1. The molecule has 0 spiro atoms. The van der Waals surface area contributed by atoms with Crippen molar-refractivity contribution in [2.24, 2.45) is 0 Å². The summed E-state index contributed by atoms with van der Waals surface area (Å²) in [4.78, 5) is 16.0. The predicted octanol–water partition coefficient (Wildman–Crippen LogP) is 2.36. The van der Waals surface area contributed by atoms with E-state index < -0.39 is 0 Å². The second kappa shape index (κ2) is 5.75. The number of aliphatic hydroxyl groups is 1. The van der Waals surface area contributed by atoms with E-state index in [9.17, 15) is 5.11 Å². The standard InChI is InChI=1S/C20H21N7O/c1-12-24-19-17(27(12)14-2-3-14)8-13(9-21-19)16-5-7-26-18(16)20(22-11-23-26)25-6-4-15(28)10-25/h5,7-9,11,14-15,28H,2-4,6,10H2,1H3. The zero-order valence-electron chi connectivity index (χ0n) is 15.7. The molecule has 5 heterocycles. The second-order valence-electron chi connectivity index (χ2n) is 7.82. The first-order valence-corrected chi connectivity index (χ1v) is 9.79. The molecule has 0 aromatic carbocycles. The van der Waals surface area contributed by atoms with Gasteiger partial charge in [-0.15, -0.1) is 0 Å². The van der Waals surface area contributed by atoms with Crippen LogP contribution in [0.1, 0.15) is 31.1 Å². The maximum atomic E-state index is 9.97. The van der Waals surface area contributed by atoms with Gasteiger partial charge in [-0.25, -0.2) is 19.5 Å². The van der Waals surface area contributed by atoms with Crippen LogP contribution >= 0.6 is 0 Å². The van der Waals surface area contributed by atoms with E-state index in [1.807, 2.05) is 16.9 Å². The highest BCUT2D eigenvalue weighted by molar-refractivity contribution is 5.91. The Bertz CT molecular complexity index is 1210. The summed E-state index contributed by atoms with van der Waals surface area (Å²) in [5, 5.41) is 14.3. The fraction of sp³-hybridized carbons (Fsp3) is 0.400. The number of aryl methyl sites for hydroxylation is 1. The van der Waals surface area contributed by atoms with Crippen molar-refractivity contribution < 1.29 is 5.11 Å². The maximum absolute atomic E-state index is 9.97. The Balaban J connectivity index is 1.54. The minimum Gasteiger partial charge on any atom is -0.391 e. The molecule has 6 rings (SSSR count). The fourth-order valence-corrected chi connectivity index (χ4v) is 4.37. The van der Waals surface area contributed by atoms with Gasteiger partial charge < -0.3 is 14.6 Å².